The fraction of sp³-hybridized carbons (Fsp3) is 0.600. The van der Waals surface area contributed by atoms with Crippen LogP contribution in [-0.2, 0) is 0 Å². The Morgan fingerprint density at radius 2 is 2.13 bits per heavy atom. The van der Waals surface area contributed by atoms with Crippen molar-refractivity contribution in [3.8, 4) is 0 Å². The Kier molecular flexibility index (Phi) is 3.71. The fourth-order valence-corrected chi connectivity index (χ4v) is 1.52. The Morgan fingerprint density at radius 3 is 2.60 bits per heavy atom. The molecule has 0 saturated carbocycles. The van der Waals surface area contributed by atoms with Crippen molar-refractivity contribution in [2.24, 2.45) is 0 Å². The summed E-state index contributed by atoms with van der Waals surface area (Å²) < 4.78 is 0. The van der Waals surface area contributed by atoms with Crippen LogP contribution in [0.4, 0.5) is 17.6 Å². The molecule has 5 heteroatoms. The Labute approximate surface area is 90.7 Å². The van der Waals surface area contributed by atoms with Gasteiger partial charge in [0.2, 0.25) is 5.95 Å². The van der Waals surface area contributed by atoms with E-state index in [1.54, 1.807) is 0 Å². The summed E-state index contributed by atoms with van der Waals surface area (Å²) in [7, 11) is 1.82. The van der Waals surface area contributed by atoms with Crippen LogP contribution in [0.3, 0.4) is 0 Å². The molecule has 0 fully saturated rings. The van der Waals surface area contributed by atoms with Gasteiger partial charge in [0, 0.05) is 25.7 Å². The van der Waals surface area contributed by atoms with E-state index in [4.69, 9.17) is 5.73 Å². The van der Waals surface area contributed by atoms with Gasteiger partial charge in [0.25, 0.3) is 0 Å². The predicted octanol–water partition coefficient (Wildman–Crippen LogP) is 1.34. The van der Waals surface area contributed by atoms with Crippen LogP contribution in [0.2, 0.25) is 0 Å². The average Bonchev–Trinajstić information content (AvgIpc) is 2.17. The van der Waals surface area contributed by atoms with Crippen LogP contribution in [0.15, 0.2) is 6.07 Å². The highest BCUT2D eigenvalue weighted by molar-refractivity contribution is 5.52. The van der Waals surface area contributed by atoms with E-state index in [0.29, 0.717) is 12.0 Å². The van der Waals surface area contributed by atoms with E-state index in [9.17, 15) is 0 Å². The normalized spacial score (nSPS) is 10.5. The third-order valence-corrected chi connectivity index (χ3v) is 2.24. The third-order valence-electron chi connectivity index (χ3n) is 2.24. The molecule has 0 atom stereocenters. The van der Waals surface area contributed by atoms with Gasteiger partial charge < -0.3 is 16.0 Å². The Balaban J connectivity index is 3.06. The van der Waals surface area contributed by atoms with Crippen molar-refractivity contribution in [1.29, 1.82) is 0 Å². The van der Waals surface area contributed by atoms with Gasteiger partial charge in [-0.05, 0) is 20.8 Å². The van der Waals surface area contributed by atoms with Crippen LogP contribution in [-0.4, -0.2) is 29.6 Å². The summed E-state index contributed by atoms with van der Waals surface area (Å²) in [6, 6.07) is 2.30. The molecule has 0 spiro atoms. The second-order valence-electron chi connectivity index (χ2n) is 3.60. The molecule has 0 saturated heterocycles. The van der Waals surface area contributed by atoms with Crippen molar-refractivity contribution in [3.63, 3.8) is 0 Å². The monoisotopic (exact) mass is 209 g/mol. The number of hydrogen-bond donors (Lipinski definition) is 2. The molecule has 1 aromatic heterocycles. The number of anilines is 3. The van der Waals surface area contributed by atoms with Gasteiger partial charge in [0.05, 0.1) is 0 Å². The summed E-state index contributed by atoms with van der Waals surface area (Å²) >= 11 is 0. The maximum Gasteiger partial charge on any atom is 0.223 e. The molecular weight excluding hydrogens is 190 g/mol. The first kappa shape index (κ1) is 11.6. The minimum Gasteiger partial charge on any atom is -0.373 e. The largest absolute Gasteiger partial charge is 0.373 e. The number of nitrogens with two attached hydrogens (primary N) is 1. The Bertz CT molecular complexity index is 324. The molecule has 0 aromatic carbocycles. The maximum atomic E-state index is 5.64. The zero-order valence-corrected chi connectivity index (χ0v) is 9.78. The van der Waals surface area contributed by atoms with E-state index in [-0.39, 0.29) is 0 Å². The summed E-state index contributed by atoms with van der Waals surface area (Å²) in [6.07, 6.45) is 0. The summed E-state index contributed by atoms with van der Waals surface area (Å²) in [4.78, 5) is 10.4. The lowest BCUT2D eigenvalue weighted by Crippen LogP contribution is -2.31. The number of nitrogens with zero attached hydrogens (tertiary/aromatic N) is 3. The molecule has 0 radical (unpaired) electrons. The highest BCUT2D eigenvalue weighted by Gasteiger charge is 2.11. The van der Waals surface area contributed by atoms with Crippen molar-refractivity contribution in [2.45, 2.75) is 26.8 Å². The lowest BCUT2D eigenvalue weighted by atomic mass is 10.3. The number of rotatable bonds is 4. The van der Waals surface area contributed by atoms with Gasteiger partial charge in [0.1, 0.15) is 11.6 Å². The molecule has 5 nitrogen and oxygen atoms in total. The van der Waals surface area contributed by atoms with Gasteiger partial charge in [0.15, 0.2) is 0 Å². The van der Waals surface area contributed by atoms with Crippen molar-refractivity contribution in [1.82, 2.24) is 9.97 Å². The first-order valence-corrected chi connectivity index (χ1v) is 5.17. The lowest BCUT2D eigenvalue weighted by Gasteiger charge is -2.26. The third kappa shape index (κ3) is 2.71. The molecule has 15 heavy (non-hydrogen) atoms. The van der Waals surface area contributed by atoms with Crippen LogP contribution in [0.25, 0.3) is 0 Å². The smallest absolute Gasteiger partial charge is 0.223 e. The van der Waals surface area contributed by atoms with Gasteiger partial charge in [-0.1, -0.05) is 0 Å². The molecule has 84 valence electrons. The topological polar surface area (TPSA) is 67.1 Å². The second kappa shape index (κ2) is 4.82. The molecule has 1 heterocycles. The minimum atomic E-state index is 0.302. The molecule has 0 aliphatic heterocycles. The number of aromatic nitrogens is 2. The molecule has 1 aromatic rings. The molecule has 1 rings (SSSR count). The van der Waals surface area contributed by atoms with Gasteiger partial charge in [-0.25, -0.2) is 0 Å². The van der Waals surface area contributed by atoms with Crippen molar-refractivity contribution in [3.05, 3.63) is 6.07 Å². The van der Waals surface area contributed by atoms with Crippen LogP contribution in [0, 0.1) is 0 Å². The fourth-order valence-electron chi connectivity index (χ4n) is 1.52. The van der Waals surface area contributed by atoms with Crippen LogP contribution < -0.4 is 16.0 Å². The molecule has 0 aliphatic carbocycles. The van der Waals surface area contributed by atoms with Crippen LogP contribution in [0.5, 0.6) is 0 Å². The number of nitrogen functional groups attached to an aromatic ring is 1. The number of hydrogen-bond acceptors (Lipinski definition) is 5. The summed E-state index contributed by atoms with van der Waals surface area (Å²) in [5, 5.41) is 2.97. The van der Waals surface area contributed by atoms with Crippen molar-refractivity contribution >= 4 is 17.6 Å². The molecule has 3 N–H and O–H groups in total. The SMILES string of the molecule is CCN(c1cc(NC)nc(N)n1)C(C)C. The second-order valence-corrected chi connectivity index (χ2v) is 3.60. The first-order chi connectivity index (χ1) is 7.08. The molecular formula is C10H19N5. The first-order valence-electron chi connectivity index (χ1n) is 5.17. The van der Waals surface area contributed by atoms with E-state index < -0.39 is 0 Å². The van der Waals surface area contributed by atoms with Gasteiger partial charge in [-0.15, -0.1) is 0 Å². The highest BCUT2D eigenvalue weighted by atomic mass is 15.2. The van der Waals surface area contributed by atoms with Crippen molar-refractivity contribution in [2.75, 3.05) is 29.5 Å². The van der Waals surface area contributed by atoms with Gasteiger partial charge in [-0.2, -0.15) is 9.97 Å². The minimum absolute atomic E-state index is 0.302. The van der Waals surface area contributed by atoms with E-state index in [2.05, 4.69) is 41.0 Å². The predicted molar refractivity (Wildman–Crippen MR) is 64.1 cm³/mol. The zero-order chi connectivity index (χ0) is 11.4. The Morgan fingerprint density at radius 1 is 1.47 bits per heavy atom. The lowest BCUT2D eigenvalue weighted by molar-refractivity contribution is 0.693. The van der Waals surface area contributed by atoms with Crippen LogP contribution in [0.1, 0.15) is 20.8 Å². The quantitative estimate of drug-likeness (QED) is 0.783. The van der Waals surface area contributed by atoms with Crippen LogP contribution >= 0.6 is 0 Å². The van der Waals surface area contributed by atoms with E-state index in [0.717, 1.165) is 18.2 Å². The molecule has 0 amide bonds. The summed E-state index contributed by atoms with van der Waals surface area (Å²) in [5.74, 6) is 1.91. The summed E-state index contributed by atoms with van der Waals surface area (Å²) in [6.45, 7) is 7.25. The molecule has 0 unspecified atom stereocenters. The van der Waals surface area contributed by atoms with E-state index in [1.807, 2.05) is 13.1 Å². The average molecular weight is 209 g/mol. The number of nitrogens with one attached hydrogen (secondary N) is 1. The standard InChI is InChI=1S/C10H19N5/c1-5-15(7(2)3)9-6-8(12-4)13-10(11)14-9/h6-7H,5H2,1-4H3,(H3,11,12,13,14). The zero-order valence-electron chi connectivity index (χ0n) is 9.78. The molecule has 0 aliphatic rings. The van der Waals surface area contributed by atoms with E-state index >= 15 is 0 Å². The van der Waals surface area contributed by atoms with E-state index in [1.165, 1.54) is 0 Å². The molecule has 0 bridgehead atoms. The maximum absolute atomic E-state index is 5.64. The van der Waals surface area contributed by atoms with Gasteiger partial charge in [-0.3, -0.25) is 0 Å². The van der Waals surface area contributed by atoms with Crippen molar-refractivity contribution < 1.29 is 0 Å². The van der Waals surface area contributed by atoms with Gasteiger partial charge >= 0.3 is 0 Å². The summed E-state index contributed by atoms with van der Waals surface area (Å²) in [5.41, 5.74) is 5.64. The Hall–Kier alpha value is -1.52. The highest BCUT2D eigenvalue weighted by Crippen LogP contribution is 2.18.